The number of anilines is 1. The van der Waals surface area contributed by atoms with Crippen LogP contribution in [0.25, 0.3) is 11.0 Å². The summed E-state index contributed by atoms with van der Waals surface area (Å²) in [7, 11) is 0. The van der Waals surface area contributed by atoms with E-state index in [1.54, 1.807) is 12.1 Å². The Kier molecular flexibility index (Phi) is 5.10. The molecule has 0 bridgehead atoms. The number of amides is 1. The van der Waals surface area contributed by atoms with E-state index in [1.165, 1.54) is 0 Å². The Morgan fingerprint density at radius 2 is 1.89 bits per heavy atom. The van der Waals surface area contributed by atoms with Gasteiger partial charge in [-0.25, -0.2) is 4.98 Å². The molecule has 0 saturated carbocycles. The van der Waals surface area contributed by atoms with Crippen molar-refractivity contribution in [3.8, 4) is 0 Å². The summed E-state index contributed by atoms with van der Waals surface area (Å²) in [5.74, 6) is -0.365. The number of hydrogen-bond donors (Lipinski definition) is 1. The van der Waals surface area contributed by atoms with Crippen molar-refractivity contribution < 1.29 is 4.79 Å². The number of carbonyl (C=O) groups excluding carboxylic acids is 1. The molecule has 2 aromatic heterocycles. The van der Waals surface area contributed by atoms with Gasteiger partial charge in [0.15, 0.2) is 0 Å². The highest BCUT2D eigenvalue weighted by atomic mass is 79.9. The van der Waals surface area contributed by atoms with Crippen molar-refractivity contribution in [3.63, 3.8) is 0 Å². The predicted octanol–water partition coefficient (Wildman–Crippen LogP) is 4.25. The number of aromatic nitrogens is 2. The number of fused-ring (bicyclic) bond motifs is 1. The summed E-state index contributed by atoms with van der Waals surface area (Å²) in [5, 5.41) is 1.74. The quantitative estimate of drug-likeness (QED) is 0.654. The van der Waals surface area contributed by atoms with Crippen LogP contribution in [0.3, 0.4) is 0 Å². The molecular weight excluding hydrogens is 428 g/mol. The first-order valence-electron chi connectivity index (χ1n) is 8.78. The molecule has 1 amide bonds. The van der Waals surface area contributed by atoms with Crippen LogP contribution in [-0.2, 0) is 4.79 Å². The monoisotopic (exact) mass is 445 g/mol. The standard InChI is InChI=1S/C20H19BrClN4O/c1-13(14-2-4-15(22)5-3-14)20(27)26-10-8-25(9-11-26)18-16-6-7-23-19(16)24-12-17(18)21/h2-7,12-13H,1,8-11H2,(H,23,24)/t13-/m0/s1. The summed E-state index contributed by atoms with van der Waals surface area (Å²) in [6.07, 6.45) is 3.71. The molecule has 1 aliphatic heterocycles. The van der Waals surface area contributed by atoms with Crippen LogP contribution < -0.4 is 4.90 Å². The topological polar surface area (TPSA) is 52.2 Å². The van der Waals surface area contributed by atoms with E-state index in [1.807, 2.05) is 35.5 Å². The summed E-state index contributed by atoms with van der Waals surface area (Å²) >= 11 is 9.55. The second kappa shape index (κ2) is 7.52. The molecule has 5 nitrogen and oxygen atoms in total. The lowest BCUT2D eigenvalue weighted by Gasteiger charge is -2.37. The highest BCUT2D eigenvalue weighted by molar-refractivity contribution is 9.10. The Morgan fingerprint density at radius 1 is 1.19 bits per heavy atom. The summed E-state index contributed by atoms with van der Waals surface area (Å²) < 4.78 is 0.963. The van der Waals surface area contributed by atoms with Crippen LogP contribution in [0.1, 0.15) is 11.5 Å². The minimum Gasteiger partial charge on any atom is -0.366 e. The van der Waals surface area contributed by atoms with E-state index in [0.717, 1.165) is 39.8 Å². The number of nitrogens with zero attached hydrogens (tertiary/aromatic N) is 3. The Hall–Kier alpha value is -2.05. The van der Waals surface area contributed by atoms with Gasteiger partial charge in [-0.3, -0.25) is 4.79 Å². The third kappa shape index (κ3) is 3.56. The molecule has 0 aliphatic carbocycles. The second-order valence-corrected chi connectivity index (χ2v) is 7.90. The molecule has 1 radical (unpaired) electrons. The van der Waals surface area contributed by atoms with Crippen LogP contribution in [0.4, 0.5) is 5.69 Å². The molecule has 1 atom stereocenters. The van der Waals surface area contributed by atoms with E-state index >= 15 is 0 Å². The van der Waals surface area contributed by atoms with Gasteiger partial charge in [0.25, 0.3) is 0 Å². The highest BCUT2D eigenvalue weighted by Crippen LogP contribution is 2.33. The molecule has 1 aromatic carbocycles. The van der Waals surface area contributed by atoms with Crippen molar-refractivity contribution in [2.24, 2.45) is 0 Å². The van der Waals surface area contributed by atoms with Gasteiger partial charge in [0, 0.05) is 49.0 Å². The fourth-order valence-electron chi connectivity index (χ4n) is 3.50. The number of nitrogens with one attached hydrogen (secondary N) is 1. The molecule has 3 aromatic rings. The number of aromatic amines is 1. The lowest BCUT2D eigenvalue weighted by molar-refractivity contribution is -0.132. The smallest absolute Gasteiger partial charge is 0.230 e. The van der Waals surface area contributed by atoms with Crippen LogP contribution in [0.15, 0.2) is 47.2 Å². The van der Waals surface area contributed by atoms with Gasteiger partial charge in [0.05, 0.1) is 16.1 Å². The van der Waals surface area contributed by atoms with Crippen LogP contribution >= 0.6 is 27.5 Å². The molecule has 139 valence electrons. The highest BCUT2D eigenvalue weighted by Gasteiger charge is 2.27. The van der Waals surface area contributed by atoms with Crippen molar-refractivity contribution in [2.75, 3.05) is 31.1 Å². The number of halogens is 2. The van der Waals surface area contributed by atoms with E-state index in [4.69, 9.17) is 11.6 Å². The molecule has 0 spiro atoms. The molecule has 1 N–H and O–H groups in total. The molecule has 7 heteroatoms. The Balaban J connectivity index is 1.47. The number of pyridine rings is 1. The molecule has 3 heterocycles. The van der Waals surface area contributed by atoms with Gasteiger partial charge in [-0.2, -0.15) is 0 Å². The number of rotatable bonds is 3. The zero-order chi connectivity index (χ0) is 19.0. The largest absolute Gasteiger partial charge is 0.366 e. The van der Waals surface area contributed by atoms with Crippen LogP contribution in [0.2, 0.25) is 5.02 Å². The van der Waals surface area contributed by atoms with Gasteiger partial charge >= 0.3 is 0 Å². The maximum absolute atomic E-state index is 12.9. The van der Waals surface area contributed by atoms with E-state index in [-0.39, 0.29) is 5.91 Å². The first-order valence-corrected chi connectivity index (χ1v) is 9.95. The third-order valence-corrected chi connectivity index (χ3v) is 5.82. The normalized spacial score (nSPS) is 16.0. The van der Waals surface area contributed by atoms with Crippen molar-refractivity contribution in [3.05, 3.63) is 64.7 Å². The number of piperazine rings is 1. The molecule has 1 saturated heterocycles. The molecule has 1 aliphatic rings. The number of hydrogen-bond acceptors (Lipinski definition) is 3. The lowest BCUT2D eigenvalue weighted by atomic mass is 9.99. The van der Waals surface area contributed by atoms with Crippen molar-refractivity contribution in [1.82, 2.24) is 14.9 Å². The van der Waals surface area contributed by atoms with Crippen molar-refractivity contribution >= 4 is 50.2 Å². The summed E-state index contributed by atoms with van der Waals surface area (Å²) in [5.41, 5.74) is 2.88. The zero-order valence-electron chi connectivity index (χ0n) is 14.7. The predicted molar refractivity (Wildman–Crippen MR) is 112 cm³/mol. The van der Waals surface area contributed by atoms with Crippen LogP contribution in [0.5, 0.6) is 0 Å². The molecular formula is C20H19BrClN4O. The average molecular weight is 447 g/mol. The van der Waals surface area contributed by atoms with E-state index in [9.17, 15) is 4.79 Å². The van der Waals surface area contributed by atoms with Gasteiger partial charge in [-0.15, -0.1) is 0 Å². The van der Waals surface area contributed by atoms with Gasteiger partial charge < -0.3 is 14.8 Å². The minimum absolute atomic E-state index is 0.0533. The van der Waals surface area contributed by atoms with Gasteiger partial charge in [0.2, 0.25) is 5.91 Å². The average Bonchev–Trinajstić information content (AvgIpc) is 3.16. The summed E-state index contributed by atoms with van der Waals surface area (Å²) in [6.45, 7) is 6.93. The summed E-state index contributed by atoms with van der Waals surface area (Å²) in [4.78, 5) is 24.6. The Bertz CT molecular complexity index is 964. The maximum atomic E-state index is 12.9. The van der Waals surface area contributed by atoms with E-state index in [0.29, 0.717) is 18.1 Å². The fraction of sp³-hybridized carbons (Fsp3) is 0.250. The maximum Gasteiger partial charge on any atom is 0.230 e. The Morgan fingerprint density at radius 3 is 2.59 bits per heavy atom. The van der Waals surface area contributed by atoms with E-state index in [2.05, 4.69) is 37.7 Å². The molecule has 1 fully saturated rings. The zero-order valence-corrected chi connectivity index (χ0v) is 17.0. The number of benzene rings is 1. The fourth-order valence-corrected chi connectivity index (χ4v) is 4.19. The van der Waals surface area contributed by atoms with Gasteiger partial charge in [0.1, 0.15) is 5.65 Å². The second-order valence-electron chi connectivity index (χ2n) is 6.61. The molecule has 4 rings (SSSR count). The van der Waals surface area contributed by atoms with Gasteiger partial charge in [-0.1, -0.05) is 23.7 Å². The molecule has 0 unspecified atom stereocenters. The van der Waals surface area contributed by atoms with Crippen LogP contribution in [0, 0.1) is 6.92 Å². The van der Waals surface area contributed by atoms with E-state index < -0.39 is 5.92 Å². The van der Waals surface area contributed by atoms with Crippen molar-refractivity contribution in [2.45, 2.75) is 5.92 Å². The SMILES string of the molecule is [CH2][C@H](C(=O)N1CCN(c2c(Br)cnc3[nH]ccc23)CC1)c1ccc(Cl)cc1. The first-order chi connectivity index (χ1) is 13.0. The Labute approximate surface area is 171 Å². The number of carbonyl (C=O) groups is 1. The first kappa shape index (κ1) is 18.3. The third-order valence-electron chi connectivity index (χ3n) is 4.99. The van der Waals surface area contributed by atoms with Crippen LogP contribution in [-0.4, -0.2) is 47.0 Å². The van der Waals surface area contributed by atoms with Gasteiger partial charge in [-0.05, 0) is 46.6 Å². The lowest BCUT2D eigenvalue weighted by Crippen LogP contribution is -2.50. The molecule has 27 heavy (non-hydrogen) atoms. The minimum atomic E-state index is -0.419. The summed E-state index contributed by atoms with van der Waals surface area (Å²) in [6, 6.07) is 9.36. The number of H-pyrrole nitrogens is 1. The van der Waals surface area contributed by atoms with Crippen molar-refractivity contribution in [1.29, 1.82) is 0 Å².